The predicted octanol–water partition coefficient (Wildman–Crippen LogP) is 3.33. The van der Waals surface area contributed by atoms with Crippen molar-refractivity contribution in [1.29, 1.82) is 0 Å². The molecule has 0 saturated heterocycles. The summed E-state index contributed by atoms with van der Waals surface area (Å²) in [6.07, 6.45) is 8.88. The summed E-state index contributed by atoms with van der Waals surface area (Å²) in [5, 5.41) is 2.99. The van der Waals surface area contributed by atoms with Crippen LogP contribution in [-0.2, 0) is 28.6 Å². The second kappa shape index (κ2) is 11.3. The molecule has 2 saturated carbocycles. The van der Waals surface area contributed by atoms with Gasteiger partial charge in [0.05, 0.1) is 17.8 Å². The lowest BCUT2D eigenvalue weighted by Gasteiger charge is -2.60. The Morgan fingerprint density at radius 3 is 2.59 bits per heavy atom. The minimum Gasteiger partial charge on any atom is -0.465 e. The minimum atomic E-state index is -0.627. The van der Waals surface area contributed by atoms with Gasteiger partial charge in [0.15, 0.2) is 0 Å². The molecule has 3 aliphatic rings. The van der Waals surface area contributed by atoms with Crippen molar-refractivity contribution in [2.75, 3.05) is 13.2 Å². The molecule has 1 aliphatic heterocycles. The average molecular weight is 540 g/mol. The number of allylic oxidation sites excluding steroid dienone is 1. The molecule has 210 valence electrons. The van der Waals surface area contributed by atoms with Gasteiger partial charge in [-0.3, -0.25) is 19.4 Å². The zero-order valence-corrected chi connectivity index (χ0v) is 23.0. The van der Waals surface area contributed by atoms with Gasteiger partial charge in [-0.2, -0.15) is 0 Å². The highest BCUT2D eigenvalue weighted by Gasteiger charge is 2.60. The summed E-state index contributed by atoms with van der Waals surface area (Å²) >= 11 is 0. The van der Waals surface area contributed by atoms with Crippen molar-refractivity contribution in [3.63, 3.8) is 0 Å². The Morgan fingerprint density at radius 2 is 1.97 bits per heavy atom. The summed E-state index contributed by atoms with van der Waals surface area (Å²) in [4.78, 5) is 57.6. The maximum absolute atomic E-state index is 13.1. The third-order valence-corrected chi connectivity index (χ3v) is 8.91. The van der Waals surface area contributed by atoms with Crippen molar-refractivity contribution in [2.45, 2.75) is 71.9 Å². The third kappa shape index (κ3) is 5.74. The van der Waals surface area contributed by atoms with Gasteiger partial charge in [0.2, 0.25) is 0 Å². The molecule has 1 amide bonds. The lowest BCUT2D eigenvalue weighted by Crippen LogP contribution is -2.59. The third-order valence-electron chi connectivity index (χ3n) is 8.91. The Balaban J connectivity index is 1.67. The van der Waals surface area contributed by atoms with E-state index in [-0.39, 0.29) is 48.1 Å². The van der Waals surface area contributed by atoms with E-state index >= 15 is 0 Å². The highest BCUT2D eigenvalue weighted by atomic mass is 16.6. The van der Waals surface area contributed by atoms with Gasteiger partial charge in [-0.1, -0.05) is 26.0 Å². The molecule has 2 fully saturated rings. The first kappa shape index (κ1) is 28.4. The van der Waals surface area contributed by atoms with E-state index in [2.05, 4.69) is 28.8 Å². The van der Waals surface area contributed by atoms with E-state index in [0.29, 0.717) is 18.4 Å². The normalized spacial score (nSPS) is 30.9. The summed E-state index contributed by atoms with van der Waals surface area (Å²) in [7, 11) is 0. The number of carbonyl (C=O) groups is 4. The first-order valence-corrected chi connectivity index (χ1v) is 13.4. The number of ether oxygens (including phenoxy) is 3. The van der Waals surface area contributed by atoms with E-state index in [1.807, 2.05) is 6.92 Å². The van der Waals surface area contributed by atoms with Crippen molar-refractivity contribution in [2.24, 2.45) is 22.7 Å². The van der Waals surface area contributed by atoms with Crippen molar-refractivity contribution in [3.8, 4) is 0 Å². The Bertz CT molecular complexity index is 1180. The van der Waals surface area contributed by atoms with Gasteiger partial charge in [0.25, 0.3) is 5.91 Å². The van der Waals surface area contributed by atoms with E-state index in [4.69, 9.17) is 14.2 Å². The average Bonchev–Trinajstić information content (AvgIpc) is 3.32. The Morgan fingerprint density at radius 1 is 1.21 bits per heavy atom. The number of carbonyl (C=O) groups excluding carboxylic acids is 4. The van der Waals surface area contributed by atoms with E-state index in [1.54, 1.807) is 6.08 Å². The van der Waals surface area contributed by atoms with Crippen molar-refractivity contribution in [3.05, 3.63) is 48.1 Å². The number of nitrogens with one attached hydrogen (secondary N) is 1. The summed E-state index contributed by atoms with van der Waals surface area (Å²) in [6.45, 7) is 11.7. The van der Waals surface area contributed by atoms with Crippen LogP contribution in [0.4, 0.5) is 0 Å². The Kier molecular flexibility index (Phi) is 8.23. The maximum Gasteiger partial charge on any atom is 0.336 e. The summed E-state index contributed by atoms with van der Waals surface area (Å²) < 4.78 is 16.5. The monoisotopic (exact) mass is 539 g/mol. The number of aromatic nitrogens is 2. The number of hydrogen-bond donors (Lipinski definition) is 1. The molecule has 1 N–H and O–H groups in total. The molecule has 6 atom stereocenters. The highest BCUT2D eigenvalue weighted by molar-refractivity contribution is 5.96. The van der Waals surface area contributed by atoms with E-state index in [0.717, 1.165) is 24.8 Å². The van der Waals surface area contributed by atoms with Gasteiger partial charge in [-0.05, 0) is 55.4 Å². The van der Waals surface area contributed by atoms with Crippen molar-refractivity contribution < 1.29 is 33.4 Å². The molecule has 2 heterocycles. The van der Waals surface area contributed by atoms with Crippen LogP contribution in [0.2, 0.25) is 0 Å². The minimum absolute atomic E-state index is 0.0267. The zero-order valence-electron chi connectivity index (χ0n) is 23.0. The van der Waals surface area contributed by atoms with Crippen LogP contribution < -0.4 is 5.32 Å². The van der Waals surface area contributed by atoms with Gasteiger partial charge in [-0.15, -0.1) is 0 Å². The molecule has 1 aromatic rings. The van der Waals surface area contributed by atoms with Crippen LogP contribution in [0.15, 0.2) is 42.4 Å². The zero-order chi connectivity index (χ0) is 28.4. The fraction of sp³-hybridized carbons (Fsp3) is 0.586. The number of rotatable bonds is 8. The molecule has 0 radical (unpaired) electrons. The smallest absolute Gasteiger partial charge is 0.336 e. The van der Waals surface area contributed by atoms with Crippen LogP contribution in [0, 0.1) is 22.7 Å². The Labute approximate surface area is 228 Å². The fourth-order valence-electron chi connectivity index (χ4n) is 7.06. The first-order valence-electron chi connectivity index (χ1n) is 13.4. The van der Waals surface area contributed by atoms with E-state index in [9.17, 15) is 19.2 Å². The molecular formula is C29H37N3O7. The van der Waals surface area contributed by atoms with Gasteiger partial charge in [0, 0.05) is 31.7 Å². The van der Waals surface area contributed by atoms with Crippen molar-refractivity contribution >= 4 is 23.8 Å². The topological polar surface area (TPSA) is 134 Å². The predicted molar refractivity (Wildman–Crippen MR) is 140 cm³/mol. The summed E-state index contributed by atoms with van der Waals surface area (Å²) in [5.41, 5.74) is 0.659. The quantitative estimate of drug-likeness (QED) is 0.300. The van der Waals surface area contributed by atoms with Crippen LogP contribution in [0.25, 0.3) is 0 Å². The second-order valence-electron chi connectivity index (χ2n) is 11.3. The Hall–Kier alpha value is -3.56. The van der Waals surface area contributed by atoms with Crippen LogP contribution >= 0.6 is 0 Å². The number of fused-ring (bicyclic) bond motifs is 1. The number of amides is 1. The molecule has 10 nitrogen and oxygen atoms in total. The number of nitrogens with zero attached hydrogens (tertiary/aromatic N) is 2. The van der Waals surface area contributed by atoms with E-state index in [1.165, 1.54) is 32.4 Å². The number of esters is 3. The van der Waals surface area contributed by atoms with Crippen LogP contribution in [0.1, 0.15) is 70.3 Å². The lowest BCUT2D eigenvalue weighted by atomic mass is 9.46. The van der Waals surface area contributed by atoms with Crippen LogP contribution in [-0.4, -0.2) is 59.1 Å². The molecular weight excluding hydrogens is 502 g/mol. The fourth-order valence-corrected chi connectivity index (χ4v) is 7.06. The van der Waals surface area contributed by atoms with Crippen molar-refractivity contribution in [1.82, 2.24) is 15.3 Å². The molecule has 10 heteroatoms. The van der Waals surface area contributed by atoms with Gasteiger partial charge in [-0.25, -0.2) is 9.78 Å². The summed E-state index contributed by atoms with van der Waals surface area (Å²) in [6, 6.07) is -0.627. The van der Waals surface area contributed by atoms with Gasteiger partial charge in [0.1, 0.15) is 25.0 Å². The highest BCUT2D eigenvalue weighted by Crippen LogP contribution is 2.62. The van der Waals surface area contributed by atoms with E-state index < -0.39 is 29.4 Å². The number of hydrogen-bond acceptors (Lipinski definition) is 9. The molecule has 39 heavy (non-hydrogen) atoms. The van der Waals surface area contributed by atoms with Gasteiger partial charge >= 0.3 is 17.9 Å². The van der Waals surface area contributed by atoms with Gasteiger partial charge < -0.3 is 19.5 Å². The largest absolute Gasteiger partial charge is 0.465 e. The molecule has 4 rings (SSSR count). The summed E-state index contributed by atoms with van der Waals surface area (Å²) in [5.74, 6) is -1.70. The van der Waals surface area contributed by atoms with Crippen LogP contribution in [0.3, 0.4) is 0 Å². The molecule has 1 aromatic heterocycles. The maximum atomic E-state index is 13.1. The molecule has 0 spiro atoms. The SMILES string of the molecule is C=C1CC[C@@H]2[C@](C)(COC(C)=O)[C@H](OC(C)=O)CC[C@@]2(C)[C@@H]1CC(NC(=O)c1cnccn1)C1=CCOC1=O. The molecule has 0 bridgehead atoms. The van der Waals surface area contributed by atoms with Crippen LogP contribution in [0.5, 0.6) is 0 Å². The lowest BCUT2D eigenvalue weighted by molar-refractivity contribution is -0.191. The molecule has 1 unspecified atom stereocenters. The molecule has 0 aromatic carbocycles. The molecule has 2 aliphatic carbocycles. The second-order valence-corrected chi connectivity index (χ2v) is 11.3. The first-order chi connectivity index (χ1) is 18.5. The number of cyclic esters (lactones) is 1. The standard InChI is InChI=1S/C29H37N3O7/c1-17-6-7-24-28(4,10-8-25(39-19(3)34)29(24,5)16-38-18(2)33)21(17)14-22(20-9-13-37-27(20)36)32-26(35)23-15-30-11-12-31-23/h9,11-12,15,21-22,24-25H,1,6-8,10,13-14,16H2,2-5H3,(H,32,35)/t21-,22?,24+,25-,28+,29+/m1/s1.